The van der Waals surface area contributed by atoms with Gasteiger partial charge in [0, 0.05) is 0 Å². The summed E-state index contributed by atoms with van der Waals surface area (Å²) in [6.07, 6.45) is 0. The quantitative estimate of drug-likeness (QED) is 0.325. The summed E-state index contributed by atoms with van der Waals surface area (Å²) in [7, 11) is 0. The van der Waals surface area contributed by atoms with Crippen molar-refractivity contribution in [1.29, 1.82) is 0 Å². The largest absolute Gasteiger partial charge is 0.464 e. The number of benzene rings is 1. The van der Waals surface area contributed by atoms with Gasteiger partial charge in [0.25, 0.3) is 0 Å². The Morgan fingerprint density at radius 3 is 3.04 bits per heavy atom. The van der Waals surface area contributed by atoms with Crippen molar-refractivity contribution in [2.75, 3.05) is 18.2 Å². The van der Waals surface area contributed by atoms with Gasteiger partial charge < -0.3 is 15.0 Å². The predicted octanol–water partition coefficient (Wildman–Crippen LogP) is 1.82. The van der Waals surface area contributed by atoms with Crippen molar-refractivity contribution in [3.8, 4) is 0 Å². The molecule has 0 unspecified atom stereocenters. The van der Waals surface area contributed by atoms with Gasteiger partial charge in [0.05, 0.1) is 27.7 Å². The number of nitrogens with two attached hydrogens (primary N) is 1. The third kappa shape index (κ3) is 5.38. The molecule has 2 rings (SSSR count). The number of fused-ring (bicyclic) bond motifs is 1. The summed E-state index contributed by atoms with van der Waals surface area (Å²) in [6, 6.07) is 7.92. The van der Waals surface area contributed by atoms with E-state index in [1.807, 2.05) is 28.8 Å². The van der Waals surface area contributed by atoms with Crippen LogP contribution in [0.15, 0.2) is 29.4 Å². The van der Waals surface area contributed by atoms with E-state index in [1.165, 1.54) is 23.1 Å². The van der Waals surface area contributed by atoms with Gasteiger partial charge in [-0.25, -0.2) is 0 Å². The van der Waals surface area contributed by atoms with Crippen LogP contribution in [0.1, 0.15) is 0 Å². The fraction of sp³-hybridized carbons (Fsp3) is 0.308. The highest BCUT2D eigenvalue weighted by Gasteiger charge is 2.08. The maximum absolute atomic E-state index is 11.5. The maximum atomic E-state index is 11.5. The number of thioether (sulfide) groups is 1. The van der Waals surface area contributed by atoms with Gasteiger partial charge in [-0.05, 0) is 24.4 Å². The van der Waals surface area contributed by atoms with Crippen LogP contribution in [-0.2, 0) is 15.4 Å². The summed E-state index contributed by atoms with van der Waals surface area (Å²) in [4.78, 5) is 12.2. The lowest BCUT2D eigenvalue weighted by Crippen LogP contribution is -2.28. The van der Waals surface area contributed by atoms with E-state index in [1.54, 1.807) is 0 Å². The number of hydrogen-bond acceptors (Lipinski definition) is 6. The van der Waals surface area contributed by atoms with Crippen LogP contribution in [0.25, 0.3) is 10.2 Å². The smallest absolute Gasteiger partial charge is 0.316 e. The monoisotopic (exact) mass is 390 g/mol. The van der Waals surface area contributed by atoms with Gasteiger partial charge in [-0.15, -0.1) is 28.5 Å². The summed E-state index contributed by atoms with van der Waals surface area (Å²) in [5.74, 6) is 0.817. The second-order valence-corrected chi connectivity index (χ2v) is 7.04. The van der Waals surface area contributed by atoms with Gasteiger partial charge in [-0.2, -0.15) is 0 Å². The van der Waals surface area contributed by atoms with E-state index in [9.17, 15) is 4.79 Å². The van der Waals surface area contributed by atoms with Crippen molar-refractivity contribution in [2.45, 2.75) is 5.88 Å². The van der Waals surface area contributed by atoms with Crippen LogP contribution in [-0.4, -0.2) is 33.9 Å². The lowest BCUT2D eigenvalue weighted by molar-refractivity contribution is -0.139. The van der Waals surface area contributed by atoms with Crippen molar-refractivity contribution >= 4 is 68.2 Å². The van der Waals surface area contributed by atoms with Crippen molar-refractivity contribution in [1.82, 2.24) is 9.99 Å². The van der Waals surface area contributed by atoms with E-state index in [0.717, 1.165) is 15.0 Å². The number of carbonyl (C=O) groups is 1. The molecule has 2 aromatic rings. The molecule has 1 aromatic carbocycles. The molecule has 0 amide bonds. The van der Waals surface area contributed by atoms with Gasteiger partial charge in [0.1, 0.15) is 6.61 Å². The highest BCUT2D eigenvalue weighted by molar-refractivity contribution is 7.99. The molecule has 0 saturated heterocycles. The van der Waals surface area contributed by atoms with Crippen LogP contribution in [0.5, 0.6) is 0 Å². The van der Waals surface area contributed by atoms with Crippen LogP contribution in [0.2, 0.25) is 0 Å². The number of alkyl halides is 1. The molecule has 0 radical (unpaired) electrons. The van der Waals surface area contributed by atoms with Gasteiger partial charge >= 0.3 is 5.97 Å². The van der Waals surface area contributed by atoms with Crippen LogP contribution in [0, 0.1) is 0 Å². The van der Waals surface area contributed by atoms with Crippen LogP contribution in [0.4, 0.5) is 0 Å². The molecular formula is C13H15ClN4O2S3. The molecule has 1 aromatic heterocycles. The minimum absolute atomic E-state index is 0.103. The Bertz CT molecular complexity index is 759. The summed E-state index contributed by atoms with van der Waals surface area (Å²) >= 11 is 13.2. The molecule has 0 atom stereocenters. The minimum Gasteiger partial charge on any atom is -0.464 e. The van der Waals surface area contributed by atoms with Crippen LogP contribution < -0.4 is 16.0 Å². The van der Waals surface area contributed by atoms with E-state index >= 15 is 0 Å². The number of esters is 1. The Labute approximate surface area is 151 Å². The highest BCUT2D eigenvalue weighted by Crippen LogP contribution is 2.18. The zero-order valence-electron chi connectivity index (χ0n) is 12.0. The van der Waals surface area contributed by atoms with E-state index in [-0.39, 0.29) is 23.4 Å². The van der Waals surface area contributed by atoms with Gasteiger partial charge in [0.15, 0.2) is 5.11 Å². The molecule has 0 spiro atoms. The number of aromatic nitrogens is 1. The predicted molar refractivity (Wildman–Crippen MR) is 99.4 cm³/mol. The number of thiocarbonyl (C=S) groups is 1. The summed E-state index contributed by atoms with van der Waals surface area (Å²) in [5.41, 5.74) is 9.04. The molecule has 0 fully saturated rings. The van der Waals surface area contributed by atoms with Gasteiger partial charge in [0.2, 0.25) is 4.80 Å². The maximum Gasteiger partial charge on any atom is 0.316 e. The Balaban J connectivity index is 2.14. The zero-order valence-corrected chi connectivity index (χ0v) is 15.2. The van der Waals surface area contributed by atoms with Crippen molar-refractivity contribution < 1.29 is 9.53 Å². The first kappa shape index (κ1) is 18.1. The van der Waals surface area contributed by atoms with E-state index in [4.69, 9.17) is 34.3 Å². The second-order valence-electron chi connectivity index (χ2n) is 4.26. The van der Waals surface area contributed by atoms with Crippen LogP contribution in [0.3, 0.4) is 0 Å². The molecule has 1 heterocycles. The number of nitrogens with one attached hydrogen (secondary N) is 1. The third-order valence-electron chi connectivity index (χ3n) is 2.63. The second kappa shape index (κ2) is 9.11. The minimum atomic E-state index is -0.282. The molecule has 23 heavy (non-hydrogen) atoms. The standard InChI is InChI=1S/C13H15ClN4O2S3/c14-5-6-20-11(19)7-22-8-18-9-3-1-2-4-10(9)23-13(18)17-16-12(15)21/h1-4H,5-8H2,(H3,15,16,21)/b17-13-. The number of para-hydroxylation sites is 1. The molecule has 0 aliphatic carbocycles. The third-order valence-corrected chi connectivity index (χ3v) is 4.82. The average molecular weight is 391 g/mol. The fourth-order valence-electron chi connectivity index (χ4n) is 1.75. The Morgan fingerprint density at radius 2 is 2.30 bits per heavy atom. The Kier molecular flexibility index (Phi) is 7.15. The van der Waals surface area contributed by atoms with Crippen molar-refractivity contribution in [2.24, 2.45) is 10.8 Å². The number of ether oxygens (including phenoxy) is 1. The van der Waals surface area contributed by atoms with E-state index in [2.05, 4.69) is 10.5 Å². The number of thiazole rings is 1. The molecule has 6 nitrogen and oxygen atoms in total. The lowest BCUT2D eigenvalue weighted by Gasteiger charge is -2.05. The number of rotatable bonds is 7. The van der Waals surface area contributed by atoms with Crippen molar-refractivity contribution in [3.63, 3.8) is 0 Å². The number of hydrogen-bond donors (Lipinski definition) is 2. The van der Waals surface area contributed by atoms with E-state index in [0.29, 0.717) is 11.8 Å². The molecule has 0 saturated carbocycles. The highest BCUT2D eigenvalue weighted by atomic mass is 35.5. The molecule has 124 valence electrons. The molecule has 0 aliphatic rings. The first-order valence-corrected chi connectivity index (χ1v) is 9.50. The Hall–Kier alpha value is -1.29. The molecule has 3 N–H and O–H groups in total. The van der Waals surface area contributed by atoms with E-state index < -0.39 is 0 Å². The first-order chi connectivity index (χ1) is 11.1. The summed E-state index contributed by atoms with van der Waals surface area (Å²) in [5, 5.41) is 4.31. The number of halogens is 1. The zero-order chi connectivity index (χ0) is 16.7. The molecular weight excluding hydrogens is 376 g/mol. The molecule has 10 heteroatoms. The molecule has 0 aliphatic heterocycles. The average Bonchev–Trinajstić information content (AvgIpc) is 2.89. The summed E-state index contributed by atoms with van der Waals surface area (Å²) < 4.78 is 8.01. The first-order valence-electron chi connectivity index (χ1n) is 6.58. The fourth-order valence-corrected chi connectivity index (χ4v) is 3.73. The Morgan fingerprint density at radius 1 is 1.52 bits per heavy atom. The lowest BCUT2D eigenvalue weighted by atomic mass is 10.3. The number of carbonyl (C=O) groups excluding carboxylic acids is 1. The van der Waals surface area contributed by atoms with Gasteiger partial charge in [-0.1, -0.05) is 23.5 Å². The van der Waals surface area contributed by atoms with Crippen LogP contribution >= 0.6 is 46.9 Å². The normalized spacial score (nSPS) is 11.6. The topological polar surface area (TPSA) is 81.6 Å². The summed E-state index contributed by atoms with van der Waals surface area (Å²) in [6.45, 7) is 0.230. The molecule has 0 bridgehead atoms. The number of nitrogens with zero attached hydrogens (tertiary/aromatic N) is 2. The van der Waals surface area contributed by atoms with Gasteiger partial charge in [-0.3, -0.25) is 10.2 Å². The SMILES string of the molecule is NC(=S)N/N=c1\sc2ccccc2n1CSCC(=O)OCCCl. The van der Waals surface area contributed by atoms with Crippen molar-refractivity contribution in [3.05, 3.63) is 29.1 Å².